The molecule has 0 spiro atoms. The minimum absolute atomic E-state index is 0. The topological polar surface area (TPSA) is 46.2 Å². The second-order valence-corrected chi connectivity index (χ2v) is 8.84. The summed E-state index contributed by atoms with van der Waals surface area (Å²) in [6.45, 7) is 7.83. The Bertz CT molecular complexity index is 243. The van der Waals surface area contributed by atoms with Crippen molar-refractivity contribution < 1.29 is 22.0 Å². The first-order valence-corrected chi connectivity index (χ1v) is 12.2. The molecule has 3 nitrogen and oxygen atoms in total. The van der Waals surface area contributed by atoms with Crippen LogP contribution in [0, 0.1) is 0 Å². The fraction of sp³-hybridized carbons (Fsp3) is 1.00. The lowest BCUT2D eigenvalue weighted by Gasteiger charge is -2.30. The monoisotopic (exact) mass is 458 g/mol. The van der Waals surface area contributed by atoms with Crippen LogP contribution in [-0.4, -0.2) is 49.9 Å². The zero-order valence-corrected chi connectivity index (χ0v) is 22.0. The van der Waals surface area contributed by atoms with Crippen LogP contribution in [0.2, 0.25) is 0 Å². The molecule has 29 heavy (non-hydrogen) atoms. The maximum absolute atomic E-state index is 7.75. The lowest BCUT2D eigenvalue weighted by molar-refractivity contribution is -0.890. The van der Waals surface area contributed by atoms with Gasteiger partial charge in [-0.25, -0.2) is 0 Å². The van der Waals surface area contributed by atoms with Gasteiger partial charge in [-0.05, 0) is 25.7 Å². The Kier molecular flexibility index (Phi) is 38.9. The van der Waals surface area contributed by atoms with Crippen LogP contribution in [0.4, 0.5) is 0 Å². The Morgan fingerprint density at radius 1 is 0.586 bits per heavy atom. The van der Waals surface area contributed by atoms with Crippen LogP contribution in [0.3, 0.4) is 0 Å². The third kappa shape index (κ3) is 36.2. The molecular weight excluding hydrogens is 403 g/mol. The molecule has 0 rings (SSSR count). The molecule has 0 aromatic rings. The number of hydrogen-bond acceptors (Lipinski definition) is 2. The molecule has 0 aliphatic carbocycles. The number of aliphatic hydroxyl groups excluding tert-OH is 1. The number of halogens is 2. The Morgan fingerprint density at radius 3 is 1.07 bits per heavy atom. The summed E-state index contributed by atoms with van der Waals surface area (Å²) in [6.07, 6.45) is 23.0. The minimum Gasteiger partial charge on any atom is -1.00 e. The smallest absolute Gasteiger partial charge is 0.0782 e. The number of unbranched alkanes of at least 4 members (excludes halogenated alkanes) is 14. The average Bonchev–Trinajstić information content (AvgIpc) is 2.66. The van der Waals surface area contributed by atoms with Crippen molar-refractivity contribution in [2.24, 2.45) is 5.73 Å². The van der Waals surface area contributed by atoms with Gasteiger partial charge in [0.05, 0.1) is 33.8 Å². The Balaban J connectivity index is -0.000000473. The molecule has 0 fully saturated rings. The van der Waals surface area contributed by atoms with Crippen molar-refractivity contribution in [3.05, 3.63) is 0 Å². The second kappa shape index (κ2) is 30.7. The van der Waals surface area contributed by atoms with Gasteiger partial charge in [-0.3, -0.25) is 0 Å². The average molecular weight is 460 g/mol. The minimum atomic E-state index is 0. The summed E-state index contributed by atoms with van der Waals surface area (Å²) >= 11 is 0. The van der Waals surface area contributed by atoms with Gasteiger partial charge in [0, 0.05) is 6.54 Å². The highest BCUT2D eigenvalue weighted by atomic mass is 35.5. The van der Waals surface area contributed by atoms with E-state index >= 15 is 0 Å². The zero-order chi connectivity index (χ0) is 20.6. The molecule has 0 atom stereocenters. The molecule has 0 radical (unpaired) electrons. The number of quaternary nitrogens is 1. The molecule has 0 saturated heterocycles. The number of nitrogens with two attached hydrogens (primary N) is 1. The van der Waals surface area contributed by atoms with Crippen LogP contribution in [0.1, 0.15) is 117 Å². The third-order valence-corrected chi connectivity index (χ3v) is 5.36. The van der Waals surface area contributed by atoms with E-state index in [2.05, 4.69) is 27.9 Å². The van der Waals surface area contributed by atoms with Gasteiger partial charge in [-0.1, -0.05) is 90.9 Å². The van der Waals surface area contributed by atoms with Crippen molar-refractivity contribution in [1.29, 1.82) is 0 Å². The van der Waals surface area contributed by atoms with E-state index in [1.165, 1.54) is 120 Å². The van der Waals surface area contributed by atoms with E-state index < -0.39 is 0 Å². The van der Waals surface area contributed by atoms with E-state index in [4.69, 9.17) is 10.8 Å². The molecule has 0 aliphatic heterocycles. The fourth-order valence-corrected chi connectivity index (χ4v) is 3.46. The summed E-state index contributed by atoms with van der Waals surface area (Å²) in [4.78, 5) is 0. The van der Waals surface area contributed by atoms with E-state index in [1.54, 1.807) is 0 Å². The van der Waals surface area contributed by atoms with Crippen molar-refractivity contribution in [3.8, 4) is 0 Å². The summed E-state index contributed by atoms with van der Waals surface area (Å²) in [6, 6.07) is 0. The predicted octanol–water partition coefficient (Wildman–Crippen LogP) is 3.71. The van der Waals surface area contributed by atoms with Crippen molar-refractivity contribution >= 4 is 12.4 Å². The molecule has 0 bridgehead atoms. The first-order valence-electron chi connectivity index (χ1n) is 12.2. The summed E-state index contributed by atoms with van der Waals surface area (Å²) in [5.74, 6) is 0. The van der Waals surface area contributed by atoms with Crippen LogP contribution >= 0.6 is 12.4 Å². The van der Waals surface area contributed by atoms with Crippen molar-refractivity contribution in [1.82, 2.24) is 0 Å². The van der Waals surface area contributed by atoms with Gasteiger partial charge in [0.25, 0.3) is 0 Å². The maximum atomic E-state index is 7.75. The highest BCUT2D eigenvalue weighted by Crippen LogP contribution is 2.13. The highest BCUT2D eigenvalue weighted by molar-refractivity contribution is 5.85. The third-order valence-electron chi connectivity index (χ3n) is 5.36. The normalized spacial score (nSPS) is 10.6. The first kappa shape index (κ1) is 36.8. The molecule has 3 N–H and O–H groups in total. The molecular formula is C24H56Cl2N2O. The highest BCUT2D eigenvalue weighted by Gasteiger charge is 2.13. The van der Waals surface area contributed by atoms with E-state index in [9.17, 15) is 0 Å². The lowest BCUT2D eigenvalue weighted by atomic mass is 10.1. The summed E-state index contributed by atoms with van der Waals surface area (Å²) in [5.41, 5.74) is 4.78. The SMILES string of the molecule is CCCCCCCCCC[N+](C)(C)CCCCCCCCCC.Cl.NCCO.[Cl-]. The largest absolute Gasteiger partial charge is 1.00 e. The van der Waals surface area contributed by atoms with Crippen molar-refractivity contribution in [2.45, 2.75) is 117 Å². The molecule has 0 aromatic heterocycles. The molecule has 0 saturated carbocycles. The number of rotatable bonds is 19. The Labute approximate surface area is 197 Å². The molecule has 0 aromatic carbocycles. The van der Waals surface area contributed by atoms with Crippen LogP contribution in [0.5, 0.6) is 0 Å². The van der Waals surface area contributed by atoms with Gasteiger partial charge in [0.15, 0.2) is 0 Å². The summed E-state index contributed by atoms with van der Waals surface area (Å²) in [7, 11) is 4.87. The van der Waals surface area contributed by atoms with Crippen LogP contribution < -0.4 is 18.1 Å². The van der Waals surface area contributed by atoms with Gasteiger partial charge in [0.1, 0.15) is 0 Å². The standard InChI is InChI=1S/C22H48N.C2H7NO.2ClH/c1-5-7-9-11-13-15-17-19-21-23(3,4)22-20-18-16-14-12-10-8-6-2;3-1-2-4;;/h5-22H2,1-4H3;4H,1-3H2;2*1H/q+1;;;/p-1. The van der Waals surface area contributed by atoms with Crippen molar-refractivity contribution in [3.63, 3.8) is 0 Å². The Morgan fingerprint density at radius 2 is 0.828 bits per heavy atom. The van der Waals surface area contributed by atoms with Gasteiger partial charge < -0.3 is 27.7 Å². The van der Waals surface area contributed by atoms with Gasteiger partial charge in [-0.15, -0.1) is 12.4 Å². The summed E-state index contributed by atoms with van der Waals surface area (Å²) in [5, 5.41) is 7.75. The second-order valence-electron chi connectivity index (χ2n) is 8.84. The number of aliphatic hydroxyl groups is 1. The molecule has 182 valence electrons. The molecule has 5 heteroatoms. The van der Waals surface area contributed by atoms with Crippen LogP contribution in [-0.2, 0) is 0 Å². The van der Waals surface area contributed by atoms with Gasteiger partial charge in [0.2, 0.25) is 0 Å². The molecule has 0 amide bonds. The maximum Gasteiger partial charge on any atom is 0.0782 e. The predicted molar refractivity (Wildman–Crippen MR) is 130 cm³/mol. The molecule has 0 aliphatic rings. The number of hydrogen-bond donors (Lipinski definition) is 2. The van der Waals surface area contributed by atoms with Crippen molar-refractivity contribution in [2.75, 3.05) is 40.3 Å². The first-order chi connectivity index (χ1) is 13.0. The Hall–Kier alpha value is 0.460. The zero-order valence-electron chi connectivity index (χ0n) is 20.4. The van der Waals surface area contributed by atoms with E-state index in [-0.39, 0.29) is 31.4 Å². The fourth-order valence-electron chi connectivity index (χ4n) is 3.46. The van der Waals surface area contributed by atoms with Gasteiger partial charge in [-0.2, -0.15) is 0 Å². The quantitative estimate of drug-likeness (QED) is 0.229. The molecule has 0 unspecified atom stereocenters. The van der Waals surface area contributed by atoms with E-state index in [0.29, 0.717) is 6.54 Å². The van der Waals surface area contributed by atoms with E-state index in [1.807, 2.05) is 0 Å². The van der Waals surface area contributed by atoms with Crippen LogP contribution in [0.25, 0.3) is 0 Å². The molecule has 0 heterocycles. The summed E-state index contributed by atoms with van der Waals surface area (Å²) < 4.78 is 1.24. The number of nitrogens with zero attached hydrogens (tertiary/aromatic N) is 1. The van der Waals surface area contributed by atoms with Crippen LogP contribution in [0.15, 0.2) is 0 Å². The van der Waals surface area contributed by atoms with Gasteiger partial charge >= 0.3 is 0 Å². The lowest BCUT2D eigenvalue weighted by Crippen LogP contribution is -3.00. The van der Waals surface area contributed by atoms with E-state index in [0.717, 1.165) is 0 Å².